The lowest BCUT2D eigenvalue weighted by atomic mass is 10.0. The SMILES string of the molecule is CCCCCCCCCCCCCCCCCC(=O)OCC(COP(=O)(O)OCC[N+](C)(C)C)OC(=O)OC[N+]1(C)CCC=C(c2nsnc2OCCCCCC)C1. The maximum atomic E-state index is 13.0. The average Bonchev–Trinajstić information content (AvgIpc) is 3.65. The number of unbranched alkanes of at least 4 members (excludes halogenated alkanes) is 17. The normalized spacial score (nSPS) is 17.3. The van der Waals surface area contributed by atoms with Crippen molar-refractivity contribution in [2.45, 2.75) is 155 Å². The molecule has 0 aromatic carbocycles. The van der Waals surface area contributed by atoms with E-state index in [1.54, 1.807) is 0 Å². The first kappa shape index (κ1) is 52.0. The van der Waals surface area contributed by atoms with Gasteiger partial charge in [-0.3, -0.25) is 18.3 Å². The molecule has 0 spiro atoms. The van der Waals surface area contributed by atoms with Gasteiger partial charge in [0.15, 0.2) is 6.10 Å². The molecule has 58 heavy (non-hydrogen) atoms. The molecule has 16 heteroatoms. The third-order valence-electron chi connectivity index (χ3n) is 10.2. The van der Waals surface area contributed by atoms with Crippen LogP contribution in [0.4, 0.5) is 4.79 Å². The van der Waals surface area contributed by atoms with Gasteiger partial charge in [-0.05, 0) is 12.8 Å². The number of hydrogen-bond acceptors (Lipinski definition) is 12. The fraction of sp³-hybridized carbons (Fsp3) is 0.857. The number of quaternary nitrogens is 2. The molecule has 0 bridgehead atoms. The lowest BCUT2D eigenvalue weighted by Gasteiger charge is -2.36. The van der Waals surface area contributed by atoms with Crippen molar-refractivity contribution in [2.75, 3.05) is 81.0 Å². The smallest absolute Gasteiger partial charge is 0.475 e. The van der Waals surface area contributed by atoms with Gasteiger partial charge in [-0.2, -0.15) is 4.37 Å². The minimum atomic E-state index is -4.48. The molecule has 0 fully saturated rings. The van der Waals surface area contributed by atoms with E-state index in [0.717, 1.165) is 62.2 Å². The van der Waals surface area contributed by atoms with Crippen LogP contribution in [0.1, 0.15) is 154 Å². The molecule has 1 aliphatic rings. The first-order valence-corrected chi connectivity index (χ1v) is 24.4. The number of likely N-dealkylation sites (N-methyl/N-ethyl adjacent to an activating group) is 2. The number of nitrogens with zero attached hydrogens (tertiary/aromatic N) is 4. The Labute approximate surface area is 354 Å². The van der Waals surface area contributed by atoms with E-state index < -0.39 is 32.7 Å². The molecule has 3 unspecified atom stereocenters. The van der Waals surface area contributed by atoms with Gasteiger partial charge in [0, 0.05) is 18.4 Å². The predicted molar refractivity (Wildman–Crippen MR) is 229 cm³/mol. The highest BCUT2D eigenvalue weighted by Crippen LogP contribution is 2.43. The Morgan fingerprint density at radius 2 is 1.40 bits per heavy atom. The van der Waals surface area contributed by atoms with Gasteiger partial charge in [0.2, 0.25) is 6.73 Å². The van der Waals surface area contributed by atoms with Gasteiger partial charge in [0.25, 0.3) is 5.88 Å². The molecule has 0 aliphatic carbocycles. The Kier molecular flexibility index (Phi) is 26.9. The molecule has 1 aliphatic heterocycles. The molecule has 1 N–H and O–H groups in total. The van der Waals surface area contributed by atoms with Crippen molar-refractivity contribution in [2.24, 2.45) is 0 Å². The lowest BCUT2D eigenvalue weighted by molar-refractivity contribution is -0.919. The summed E-state index contributed by atoms with van der Waals surface area (Å²) in [6.45, 7) is 5.82. The second kappa shape index (κ2) is 30.0. The molecule has 2 heterocycles. The number of esters is 1. The summed E-state index contributed by atoms with van der Waals surface area (Å²) in [6, 6.07) is 0. The van der Waals surface area contributed by atoms with Crippen LogP contribution >= 0.6 is 19.6 Å². The van der Waals surface area contributed by atoms with E-state index in [0.29, 0.717) is 53.2 Å². The topological polar surface area (TPSA) is 153 Å². The quantitative estimate of drug-likeness (QED) is 0.0299. The molecular formula is C42H79N4O10PS+2. The van der Waals surface area contributed by atoms with Crippen LogP contribution in [-0.2, 0) is 32.6 Å². The monoisotopic (exact) mass is 863 g/mol. The summed E-state index contributed by atoms with van der Waals surface area (Å²) in [5.41, 5.74) is 1.69. The highest BCUT2D eigenvalue weighted by atomic mass is 32.1. The Balaban J connectivity index is 1.80. The molecule has 336 valence electrons. The van der Waals surface area contributed by atoms with Crippen LogP contribution in [0, 0.1) is 0 Å². The van der Waals surface area contributed by atoms with Gasteiger partial charge in [-0.1, -0.05) is 129 Å². The van der Waals surface area contributed by atoms with Crippen molar-refractivity contribution in [1.29, 1.82) is 0 Å². The summed E-state index contributed by atoms with van der Waals surface area (Å²) in [4.78, 5) is 35.9. The van der Waals surface area contributed by atoms with Gasteiger partial charge < -0.3 is 28.3 Å². The van der Waals surface area contributed by atoms with E-state index in [4.69, 9.17) is 28.0 Å². The Hall–Kier alpha value is -2.13. The first-order chi connectivity index (χ1) is 27.8. The number of carbonyl (C=O) groups excluding carboxylic acids is 2. The number of phosphoric acid groups is 1. The summed E-state index contributed by atoms with van der Waals surface area (Å²) >= 11 is 1.11. The van der Waals surface area contributed by atoms with Crippen LogP contribution in [0.15, 0.2) is 6.08 Å². The molecule has 2 rings (SSSR count). The molecule has 0 saturated heterocycles. The van der Waals surface area contributed by atoms with Gasteiger partial charge in [0.05, 0.1) is 59.7 Å². The average molecular weight is 863 g/mol. The zero-order valence-corrected chi connectivity index (χ0v) is 38.6. The van der Waals surface area contributed by atoms with Crippen molar-refractivity contribution in [3.8, 4) is 5.88 Å². The van der Waals surface area contributed by atoms with Crippen molar-refractivity contribution in [3.63, 3.8) is 0 Å². The van der Waals surface area contributed by atoms with Crippen LogP contribution < -0.4 is 4.74 Å². The number of aromatic nitrogens is 2. The number of ether oxygens (including phenoxy) is 4. The van der Waals surface area contributed by atoms with Gasteiger partial charge in [-0.15, -0.1) is 4.37 Å². The zero-order valence-electron chi connectivity index (χ0n) is 36.9. The number of rotatable bonds is 35. The van der Waals surface area contributed by atoms with Crippen LogP contribution in [-0.4, -0.2) is 122 Å². The second-order valence-electron chi connectivity index (χ2n) is 17.1. The standard InChI is InChI=1S/C42H78N4O10PS/c1-7-9-11-13-14-15-16-17-18-19-20-21-22-23-24-28-39(47)52-34-38(35-55-57(49,50)54-32-30-45(3,4)5)56-42(48)53-36-46(6)29-26-27-37(33-46)40-41(44-58-43-40)51-31-25-12-10-8-2/h27,38H,7-26,28-36H2,1-6H3/q+1/p+1. The zero-order chi connectivity index (χ0) is 42.5. The third kappa shape index (κ3) is 25.5. The fourth-order valence-electron chi connectivity index (χ4n) is 6.59. The Morgan fingerprint density at radius 1 is 0.810 bits per heavy atom. The second-order valence-corrected chi connectivity index (χ2v) is 19.1. The lowest BCUT2D eigenvalue weighted by Crippen LogP contribution is -2.49. The van der Waals surface area contributed by atoms with Crippen LogP contribution in [0.5, 0.6) is 5.88 Å². The molecule has 3 atom stereocenters. The van der Waals surface area contributed by atoms with Crippen molar-refractivity contribution >= 4 is 37.2 Å². The minimum Gasteiger partial charge on any atom is -0.475 e. The van der Waals surface area contributed by atoms with Crippen molar-refractivity contribution in [3.05, 3.63) is 11.8 Å². The van der Waals surface area contributed by atoms with Crippen molar-refractivity contribution < 1.29 is 56.0 Å². The number of carbonyl (C=O) groups is 2. The molecule has 0 saturated carbocycles. The van der Waals surface area contributed by atoms with Crippen molar-refractivity contribution in [1.82, 2.24) is 8.75 Å². The minimum absolute atomic E-state index is 0.000162. The summed E-state index contributed by atoms with van der Waals surface area (Å²) in [5, 5.41) is 0. The number of phosphoric ester groups is 1. The Morgan fingerprint density at radius 3 is 2.00 bits per heavy atom. The highest BCUT2D eigenvalue weighted by molar-refractivity contribution is 7.47. The maximum absolute atomic E-state index is 13.0. The number of hydrogen-bond donors (Lipinski definition) is 1. The van der Waals surface area contributed by atoms with E-state index in [-0.39, 0.29) is 26.4 Å². The van der Waals surface area contributed by atoms with E-state index in [1.165, 1.54) is 77.0 Å². The van der Waals surface area contributed by atoms with E-state index >= 15 is 0 Å². The Bertz CT molecular complexity index is 1340. The molecule has 1 aromatic heterocycles. The summed E-state index contributed by atoms with van der Waals surface area (Å²) in [6.07, 6.45) is 23.7. The van der Waals surface area contributed by atoms with Gasteiger partial charge >= 0.3 is 19.9 Å². The van der Waals surface area contributed by atoms with E-state index in [2.05, 4.69) is 28.7 Å². The van der Waals surface area contributed by atoms with Crippen LogP contribution in [0.2, 0.25) is 0 Å². The van der Waals surface area contributed by atoms with E-state index in [1.807, 2.05) is 28.2 Å². The summed E-state index contributed by atoms with van der Waals surface area (Å²) in [7, 11) is 3.28. The third-order valence-corrected chi connectivity index (χ3v) is 11.7. The summed E-state index contributed by atoms with van der Waals surface area (Å²) in [5.74, 6) is 0.0932. The van der Waals surface area contributed by atoms with Gasteiger partial charge in [0.1, 0.15) is 32.0 Å². The van der Waals surface area contributed by atoms with E-state index in [9.17, 15) is 19.0 Å². The van der Waals surface area contributed by atoms with Crippen LogP contribution in [0.3, 0.4) is 0 Å². The van der Waals surface area contributed by atoms with Crippen LogP contribution in [0.25, 0.3) is 5.57 Å². The van der Waals surface area contributed by atoms with Gasteiger partial charge in [-0.25, -0.2) is 9.36 Å². The molecule has 0 amide bonds. The molecule has 0 radical (unpaired) electrons. The summed E-state index contributed by atoms with van der Waals surface area (Å²) < 4.78 is 55.2. The molecule has 14 nitrogen and oxygen atoms in total. The highest BCUT2D eigenvalue weighted by Gasteiger charge is 2.33. The maximum Gasteiger partial charge on any atom is 0.513 e. The molecule has 1 aromatic rings. The predicted octanol–water partition coefficient (Wildman–Crippen LogP) is 9.85. The molecular weight excluding hydrogens is 784 g/mol. The largest absolute Gasteiger partial charge is 0.513 e. The first-order valence-electron chi connectivity index (χ1n) is 22.2. The fourth-order valence-corrected chi connectivity index (χ4v) is 7.87.